The van der Waals surface area contributed by atoms with E-state index in [2.05, 4.69) is 10.6 Å². The van der Waals surface area contributed by atoms with Gasteiger partial charge in [0.15, 0.2) is 0 Å². The normalized spacial score (nSPS) is 13.3. The van der Waals surface area contributed by atoms with Crippen LogP contribution >= 0.6 is 11.6 Å². The second kappa shape index (κ2) is 14.2. The van der Waals surface area contributed by atoms with Crippen LogP contribution in [0.25, 0.3) is 0 Å². The summed E-state index contributed by atoms with van der Waals surface area (Å²) in [4.78, 5) is 48.8. The molecule has 0 aliphatic carbocycles. The summed E-state index contributed by atoms with van der Waals surface area (Å²) in [6, 6.07) is 11.2. The monoisotopic (exact) mass is 532 g/mol. The lowest BCUT2D eigenvalue weighted by molar-refractivity contribution is -0.143. The Balaban J connectivity index is 2.17. The summed E-state index contributed by atoms with van der Waals surface area (Å²) in [6.07, 6.45) is 0.234. The predicted octanol–water partition coefficient (Wildman–Crippen LogP) is 1.88. The smallest absolute Gasteiger partial charge is 0.326 e. The van der Waals surface area contributed by atoms with Crippen molar-refractivity contribution in [3.05, 3.63) is 64.7 Å². The standard InChI is InChI=1S/C26H33ClN4O6/c1-15(2)23(26(35)36)31-25(34)20(10-11-22(29)32)30-24(33)19-9-8-17(27)13-21(19)37-14-18(28)12-16-6-4-3-5-7-16/h3-9,13,15,18,20,23H,10-12,14,28H2,1-2H3,(H2,29,32)(H,30,33)(H,31,34)(H,35,36)/t18-,20-,23-/m0/s1. The summed E-state index contributed by atoms with van der Waals surface area (Å²) in [5.74, 6) is -3.57. The maximum Gasteiger partial charge on any atom is 0.326 e. The van der Waals surface area contributed by atoms with Gasteiger partial charge < -0.3 is 31.9 Å². The molecule has 200 valence electrons. The van der Waals surface area contributed by atoms with Crippen molar-refractivity contribution in [1.82, 2.24) is 10.6 Å². The predicted molar refractivity (Wildman–Crippen MR) is 139 cm³/mol. The zero-order chi connectivity index (χ0) is 27.5. The number of carboxylic acids is 1. The van der Waals surface area contributed by atoms with Gasteiger partial charge in [0.1, 0.15) is 24.4 Å². The summed E-state index contributed by atoms with van der Waals surface area (Å²) < 4.78 is 5.82. The molecule has 2 aromatic carbocycles. The Hall–Kier alpha value is -3.63. The third-order valence-corrected chi connectivity index (χ3v) is 5.75. The Morgan fingerprint density at radius 3 is 2.32 bits per heavy atom. The fourth-order valence-corrected chi connectivity index (χ4v) is 3.70. The summed E-state index contributed by atoms with van der Waals surface area (Å²) in [6.45, 7) is 3.36. The molecule has 0 saturated heterocycles. The van der Waals surface area contributed by atoms with Crippen molar-refractivity contribution in [3.63, 3.8) is 0 Å². The van der Waals surface area contributed by atoms with Gasteiger partial charge in [-0.2, -0.15) is 0 Å². The van der Waals surface area contributed by atoms with Crippen LogP contribution in [0.2, 0.25) is 5.02 Å². The fraction of sp³-hybridized carbons (Fsp3) is 0.385. The molecule has 0 radical (unpaired) electrons. The highest BCUT2D eigenvalue weighted by molar-refractivity contribution is 6.30. The average molecular weight is 533 g/mol. The molecule has 0 aromatic heterocycles. The van der Waals surface area contributed by atoms with Crippen molar-refractivity contribution in [2.75, 3.05) is 6.61 Å². The lowest BCUT2D eigenvalue weighted by Gasteiger charge is -2.23. The number of rotatable bonds is 14. The number of nitrogens with two attached hydrogens (primary N) is 2. The van der Waals surface area contributed by atoms with Crippen LogP contribution in [0, 0.1) is 5.92 Å². The number of aliphatic carboxylic acids is 1. The Morgan fingerprint density at radius 1 is 1.05 bits per heavy atom. The number of ether oxygens (including phenoxy) is 1. The molecular weight excluding hydrogens is 500 g/mol. The Morgan fingerprint density at radius 2 is 1.73 bits per heavy atom. The van der Waals surface area contributed by atoms with Gasteiger partial charge in [0.2, 0.25) is 11.8 Å². The molecular formula is C26H33ClN4O6. The van der Waals surface area contributed by atoms with Gasteiger partial charge >= 0.3 is 5.97 Å². The summed E-state index contributed by atoms with van der Waals surface area (Å²) >= 11 is 6.11. The summed E-state index contributed by atoms with van der Waals surface area (Å²) in [5.41, 5.74) is 12.5. The number of primary amides is 1. The first kappa shape index (κ1) is 29.6. The third-order valence-electron chi connectivity index (χ3n) is 5.51. The number of halogens is 1. The van der Waals surface area contributed by atoms with E-state index in [4.69, 9.17) is 27.8 Å². The van der Waals surface area contributed by atoms with E-state index in [1.54, 1.807) is 13.8 Å². The number of carboxylic acid groups (broad SMARTS) is 1. The molecule has 37 heavy (non-hydrogen) atoms. The number of amides is 3. The van der Waals surface area contributed by atoms with E-state index in [1.807, 2.05) is 30.3 Å². The molecule has 0 heterocycles. The zero-order valence-electron chi connectivity index (χ0n) is 20.8. The quantitative estimate of drug-likeness (QED) is 0.247. The number of hydrogen-bond acceptors (Lipinski definition) is 6. The maximum atomic E-state index is 13.1. The van der Waals surface area contributed by atoms with Crippen LogP contribution in [0.4, 0.5) is 0 Å². The molecule has 3 atom stereocenters. The highest BCUT2D eigenvalue weighted by atomic mass is 35.5. The molecule has 3 amide bonds. The van der Waals surface area contributed by atoms with Gasteiger partial charge in [-0.25, -0.2) is 4.79 Å². The van der Waals surface area contributed by atoms with Crippen LogP contribution in [0.3, 0.4) is 0 Å². The molecule has 2 aromatic rings. The van der Waals surface area contributed by atoms with Gasteiger partial charge in [0.05, 0.1) is 5.56 Å². The first-order chi connectivity index (χ1) is 17.5. The summed E-state index contributed by atoms with van der Waals surface area (Å²) in [7, 11) is 0. The van der Waals surface area contributed by atoms with Crippen LogP contribution < -0.4 is 26.8 Å². The van der Waals surface area contributed by atoms with Crippen molar-refractivity contribution in [2.24, 2.45) is 17.4 Å². The zero-order valence-corrected chi connectivity index (χ0v) is 21.5. The number of benzene rings is 2. The minimum absolute atomic E-state index is 0.0897. The van der Waals surface area contributed by atoms with Crippen LogP contribution in [0.15, 0.2) is 48.5 Å². The van der Waals surface area contributed by atoms with E-state index in [0.717, 1.165) is 5.56 Å². The van der Waals surface area contributed by atoms with Crippen LogP contribution in [-0.4, -0.2) is 53.5 Å². The SMILES string of the molecule is CC(C)[C@H](NC(=O)[C@H](CCC(N)=O)NC(=O)c1ccc(Cl)cc1OC[C@@H](N)Cc1ccccc1)C(=O)O. The fourth-order valence-electron chi connectivity index (χ4n) is 3.53. The minimum Gasteiger partial charge on any atom is -0.491 e. The van der Waals surface area contributed by atoms with Crippen LogP contribution in [0.1, 0.15) is 42.6 Å². The van der Waals surface area contributed by atoms with Gasteiger partial charge in [-0.05, 0) is 42.5 Å². The lowest BCUT2D eigenvalue weighted by Crippen LogP contribution is -2.53. The molecule has 0 unspecified atom stereocenters. The number of nitrogens with one attached hydrogen (secondary N) is 2. The molecule has 0 spiro atoms. The second-order valence-electron chi connectivity index (χ2n) is 9.00. The lowest BCUT2D eigenvalue weighted by atomic mass is 10.0. The average Bonchev–Trinajstić information content (AvgIpc) is 2.83. The van der Waals surface area contributed by atoms with E-state index in [0.29, 0.717) is 11.4 Å². The number of hydrogen-bond donors (Lipinski definition) is 5. The Bertz CT molecular complexity index is 1100. The Kier molecular flexibility index (Phi) is 11.4. The third kappa shape index (κ3) is 9.74. The first-order valence-corrected chi connectivity index (χ1v) is 12.2. The molecule has 0 aliphatic rings. The van der Waals surface area contributed by atoms with Gasteiger partial charge in [-0.1, -0.05) is 55.8 Å². The Labute approximate surface area is 220 Å². The molecule has 2 rings (SSSR count). The van der Waals surface area contributed by atoms with Gasteiger partial charge in [-0.3, -0.25) is 14.4 Å². The largest absolute Gasteiger partial charge is 0.491 e. The topological polar surface area (TPSA) is 174 Å². The molecule has 0 fully saturated rings. The molecule has 0 aliphatic heterocycles. The molecule has 10 nitrogen and oxygen atoms in total. The summed E-state index contributed by atoms with van der Waals surface area (Å²) in [5, 5.41) is 14.7. The van der Waals surface area contributed by atoms with Crippen molar-refractivity contribution in [2.45, 2.75) is 51.2 Å². The van der Waals surface area contributed by atoms with Crippen molar-refractivity contribution < 1.29 is 29.0 Å². The van der Waals surface area contributed by atoms with Crippen molar-refractivity contribution >= 4 is 35.3 Å². The van der Waals surface area contributed by atoms with E-state index in [-0.39, 0.29) is 36.8 Å². The van der Waals surface area contributed by atoms with Gasteiger partial charge in [-0.15, -0.1) is 0 Å². The van der Waals surface area contributed by atoms with Crippen molar-refractivity contribution in [1.29, 1.82) is 0 Å². The van der Waals surface area contributed by atoms with E-state index < -0.39 is 41.7 Å². The maximum absolute atomic E-state index is 13.1. The van der Waals surface area contributed by atoms with Crippen LogP contribution in [0.5, 0.6) is 5.75 Å². The molecule has 0 saturated carbocycles. The number of carbonyl (C=O) groups excluding carboxylic acids is 3. The molecule has 11 heteroatoms. The van der Waals surface area contributed by atoms with E-state index in [1.165, 1.54) is 18.2 Å². The first-order valence-electron chi connectivity index (χ1n) is 11.8. The molecule has 7 N–H and O–H groups in total. The minimum atomic E-state index is -1.22. The van der Waals surface area contributed by atoms with Crippen LogP contribution in [-0.2, 0) is 20.8 Å². The highest BCUT2D eigenvalue weighted by Gasteiger charge is 2.29. The van der Waals surface area contributed by atoms with E-state index >= 15 is 0 Å². The van der Waals surface area contributed by atoms with Crippen molar-refractivity contribution in [3.8, 4) is 5.75 Å². The number of carbonyl (C=O) groups is 4. The molecule has 0 bridgehead atoms. The van der Waals surface area contributed by atoms with Gasteiger partial charge in [0.25, 0.3) is 5.91 Å². The highest BCUT2D eigenvalue weighted by Crippen LogP contribution is 2.24. The van der Waals surface area contributed by atoms with Gasteiger partial charge in [0, 0.05) is 17.5 Å². The van der Waals surface area contributed by atoms with E-state index in [9.17, 15) is 24.3 Å². The second-order valence-corrected chi connectivity index (χ2v) is 9.44.